The number of carboxylic acids is 1. The fraction of sp³-hybridized carbons (Fsp3) is 0.500. The summed E-state index contributed by atoms with van der Waals surface area (Å²) in [6.45, 7) is 4.51. The summed E-state index contributed by atoms with van der Waals surface area (Å²) in [5, 5.41) is 11.8. The summed E-state index contributed by atoms with van der Waals surface area (Å²) in [6.07, 6.45) is 5.41. The molecule has 1 saturated carbocycles. The molecular formula is C20H28N2O5. The third-order valence-electron chi connectivity index (χ3n) is 4.64. The Balaban J connectivity index is 1.78. The molecule has 7 nitrogen and oxygen atoms in total. The number of amides is 1. The van der Waals surface area contributed by atoms with Gasteiger partial charge in [0.1, 0.15) is 0 Å². The molecule has 0 spiro atoms. The summed E-state index contributed by atoms with van der Waals surface area (Å²) in [5.74, 6) is 0.0758. The van der Waals surface area contributed by atoms with Crippen LogP contribution in [0.2, 0.25) is 0 Å². The maximum Gasteiger partial charge on any atom is 0.317 e. The molecule has 0 aliphatic heterocycles. The smallest absolute Gasteiger partial charge is 0.317 e. The van der Waals surface area contributed by atoms with Crippen LogP contribution in [0.15, 0.2) is 24.3 Å². The van der Waals surface area contributed by atoms with E-state index in [4.69, 9.17) is 14.6 Å². The summed E-state index contributed by atoms with van der Waals surface area (Å²) in [7, 11) is 1.56. The SMILES string of the molecule is C/C=C/c1ccc(OCC(=O)NC2CC(N(CC)CC(=O)O)C2)c(OC)c1. The van der Waals surface area contributed by atoms with E-state index in [-0.39, 0.29) is 31.1 Å². The Hall–Kier alpha value is -2.54. The molecule has 0 unspecified atom stereocenters. The molecular weight excluding hydrogens is 348 g/mol. The van der Waals surface area contributed by atoms with Crippen LogP contribution in [0, 0.1) is 0 Å². The molecule has 1 aliphatic carbocycles. The van der Waals surface area contributed by atoms with Crippen molar-refractivity contribution in [3.05, 3.63) is 29.8 Å². The van der Waals surface area contributed by atoms with Gasteiger partial charge in [-0.15, -0.1) is 0 Å². The Morgan fingerprint density at radius 1 is 1.33 bits per heavy atom. The van der Waals surface area contributed by atoms with Crippen molar-refractivity contribution in [2.24, 2.45) is 0 Å². The number of carbonyl (C=O) groups is 2. The maximum absolute atomic E-state index is 12.1. The fourth-order valence-electron chi connectivity index (χ4n) is 3.19. The number of carbonyl (C=O) groups excluding carboxylic acids is 1. The van der Waals surface area contributed by atoms with Crippen molar-refractivity contribution in [1.29, 1.82) is 0 Å². The van der Waals surface area contributed by atoms with Gasteiger partial charge in [0.25, 0.3) is 5.91 Å². The Labute approximate surface area is 159 Å². The number of hydrogen-bond acceptors (Lipinski definition) is 5. The summed E-state index contributed by atoms with van der Waals surface area (Å²) < 4.78 is 10.9. The third kappa shape index (κ3) is 5.99. The van der Waals surface area contributed by atoms with Crippen molar-refractivity contribution in [3.8, 4) is 11.5 Å². The zero-order chi connectivity index (χ0) is 19.8. The van der Waals surface area contributed by atoms with E-state index < -0.39 is 5.97 Å². The minimum atomic E-state index is -0.827. The first-order valence-electron chi connectivity index (χ1n) is 9.15. The Bertz CT molecular complexity index is 683. The van der Waals surface area contributed by atoms with E-state index >= 15 is 0 Å². The number of ether oxygens (including phenoxy) is 2. The van der Waals surface area contributed by atoms with Crippen LogP contribution in [0.3, 0.4) is 0 Å². The van der Waals surface area contributed by atoms with Gasteiger partial charge in [-0.2, -0.15) is 0 Å². The molecule has 0 heterocycles. The Morgan fingerprint density at radius 3 is 2.67 bits per heavy atom. The van der Waals surface area contributed by atoms with Crippen LogP contribution in [0.1, 0.15) is 32.3 Å². The van der Waals surface area contributed by atoms with Gasteiger partial charge in [0.05, 0.1) is 13.7 Å². The quantitative estimate of drug-likeness (QED) is 0.651. The number of hydrogen-bond donors (Lipinski definition) is 2. The molecule has 0 aromatic heterocycles. The van der Waals surface area contributed by atoms with E-state index in [0.29, 0.717) is 18.0 Å². The predicted octanol–water partition coefficient (Wildman–Crippen LogP) is 2.16. The molecule has 1 aromatic rings. The number of methoxy groups -OCH3 is 1. The van der Waals surface area contributed by atoms with Gasteiger partial charge < -0.3 is 19.9 Å². The van der Waals surface area contributed by atoms with E-state index in [1.165, 1.54) is 0 Å². The van der Waals surface area contributed by atoms with E-state index in [2.05, 4.69) is 5.32 Å². The second kappa shape index (κ2) is 9.97. The van der Waals surface area contributed by atoms with Crippen LogP contribution in [0.25, 0.3) is 6.08 Å². The highest BCUT2D eigenvalue weighted by molar-refractivity contribution is 5.78. The lowest BCUT2D eigenvalue weighted by atomic mass is 9.85. The van der Waals surface area contributed by atoms with Gasteiger partial charge in [0, 0.05) is 12.1 Å². The van der Waals surface area contributed by atoms with Gasteiger partial charge in [0.15, 0.2) is 18.1 Å². The normalized spacial score (nSPS) is 19.0. The van der Waals surface area contributed by atoms with Crippen LogP contribution in [-0.2, 0) is 9.59 Å². The van der Waals surface area contributed by atoms with Crippen LogP contribution in [0.4, 0.5) is 0 Å². The van der Waals surface area contributed by atoms with E-state index in [9.17, 15) is 9.59 Å². The molecule has 2 N–H and O–H groups in total. The molecule has 7 heteroatoms. The van der Waals surface area contributed by atoms with Crippen LogP contribution >= 0.6 is 0 Å². The molecule has 0 radical (unpaired) electrons. The molecule has 0 saturated heterocycles. The molecule has 0 bridgehead atoms. The summed E-state index contributed by atoms with van der Waals surface area (Å²) in [4.78, 5) is 24.9. The topological polar surface area (TPSA) is 88.1 Å². The molecule has 1 fully saturated rings. The number of rotatable bonds is 10. The van der Waals surface area contributed by atoms with Gasteiger partial charge >= 0.3 is 5.97 Å². The summed E-state index contributed by atoms with van der Waals surface area (Å²) >= 11 is 0. The van der Waals surface area contributed by atoms with Crippen molar-refractivity contribution in [1.82, 2.24) is 10.2 Å². The van der Waals surface area contributed by atoms with Gasteiger partial charge in [-0.25, -0.2) is 0 Å². The lowest BCUT2D eigenvalue weighted by molar-refractivity contribution is -0.139. The zero-order valence-corrected chi connectivity index (χ0v) is 16.1. The van der Waals surface area contributed by atoms with Gasteiger partial charge in [-0.3, -0.25) is 14.5 Å². The second-order valence-corrected chi connectivity index (χ2v) is 6.55. The van der Waals surface area contributed by atoms with Gasteiger partial charge in [0.2, 0.25) is 0 Å². The first-order valence-corrected chi connectivity index (χ1v) is 9.15. The van der Waals surface area contributed by atoms with Gasteiger partial charge in [-0.1, -0.05) is 25.1 Å². The van der Waals surface area contributed by atoms with Crippen molar-refractivity contribution < 1.29 is 24.2 Å². The Morgan fingerprint density at radius 2 is 2.07 bits per heavy atom. The number of allylic oxidation sites excluding steroid dienone is 1. The number of nitrogens with zero attached hydrogens (tertiary/aromatic N) is 1. The van der Waals surface area contributed by atoms with E-state index in [0.717, 1.165) is 18.4 Å². The van der Waals surface area contributed by atoms with Crippen molar-refractivity contribution >= 4 is 18.0 Å². The zero-order valence-electron chi connectivity index (χ0n) is 16.1. The third-order valence-corrected chi connectivity index (χ3v) is 4.64. The van der Waals surface area contributed by atoms with Crippen molar-refractivity contribution in [2.45, 2.75) is 38.8 Å². The molecule has 0 atom stereocenters. The number of likely N-dealkylation sites (N-methyl/N-ethyl adjacent to an activating group) is 1. The number of carboxylic acid groups (broad SMARTS) is 1. The van der Waals surface area contributed by atoms with E-state index in [1.54, 1.807) is 13.2 Å². The standard InChI is InChI=1S/C20H28N2O5/c1-4-6-14-7-8-17(18(9-14)26-3)27-13-19(23)21-15-10-16(11-15)22(5-2)12-20(24)25/h4,6-9,15-16H,5,10-13H2,1-3H3,(H,21,23)(H,24,25)/b6-4+. The second-order valence-electron chi connectivity index (χ2n) is 6.55. The number of benzene rings is 1. The maximum atomic E-state index is 12.1. The molecule has 1 aromatic carbocycles. The number of nitrogens with one attached hydrogen (secondary N) is 1. The first-order chi connectivity index (χ1) is 13.0. The van der Waals surface area contributed by atoms with Crippen molar-refractivity contribution in [3.63, 3.8) is 0 Å². The summed E-state index contributed by atoms with van der Waals surface area (Å²) in [5.41, 5.74) is 0.994. The predicted molar refractivity (Wildman–Crippen MR) is 103 cm³/mol. The minimum absolute atomic E-state index is 0.0357. The largest absolute Gasteiger partial charge is 0.493 e. The van der Waals surface area contributed by atoms with Crippen LogP contribution in [0.5, 0.6) is 11.5 Å². The van der Waals surface area contributed by atoms with E-state index in [1.807, 2.05) is 43.0 Å². The highest BCUT2D eigenvalue weighted by Gasteiger charge is 2.34. The fourth-order valence-corrected chi connectivity index (χ4v) is 3.19. The monoisotopic (exact) mass is 376 g/mol. The average molecular weight is 376 g/mol. The number of aliphatic carboxylic acids is 1. The molecule has 27 heavy (non-hydrogen) atoms. The first kappa shape index (κ1) is 20.8. The van der Waals surface area contributed by atoms with Crippen LogP contribution in [-0.4, -0.2) is 60.8 Å². The Kier molecular flexibility index (Phi) is 7.67. The lowest BCUT2D eigenvalue weighted by Gasteiger charge is -2.42. The lowest BCUT2D eigenvalue weighted by Crippen LogP contribution is -2.55. The molecule has 148 valence electrons. The van der Waals surface area contributed by atoms with Crippen molar-refractivity contribution in [2.75, 3.05) is 26.8 Å². The summed E-state index contributed by atoms with van der Waals surface area (Å²) in [6, 6.07) is 5.80. The minimum Gasteiger partial charge on any atom is -0.493 e. The molecule has 1 aliphatic rings. The highest BCUT2D eigenvalue weighted by Crippen LogP contribution is 2.29. The molecule has 1 amide bonds. The average Bonchev–Trinajstić information content (AvgIpc) is 2.61. The molecule has 2 rings (SSSR count). The van der Waals surface area contributed by atoms with Gasteiger partial charge in [-0.05, 0) is 44.0 Å². The highest BCUT2D eigenvalue weighted by atomic mass is 16.5. The van der Waals surface area contributed by atoms with Crippen LogP contribution < -0.4 is 14.8 Å².